The number of hydrogen-bond acceptors (Lipinski definition) is 5. The zero-order chi connectivity index (χ0) is 18.5. The van der Waals surface area contributed by atoms with Gasteiger partial charge in [-0.3, -0.25) is 4.79 Å². The van der Waals surface area contributed by atoms with Crippen molar-refractivity contribution in [1.82, 2.24) is 15.5 Å². The number of nitrogens with zero attached hydrogens (tertiary/aromatic N) is 2. The van der Waals surface area contributed by atoms with E-state index in [4.69, 9.17) is 39.3 Å². The molecule has 2 aromatic heterocycles. The molecule has 2 heterocycles. The van der Waals surface area contributed by atoms with Crippen molar-refractivity contribution in [1.29, 1.82) is 0 Å². The Morgan fingerprint density at radius 1 is 1.27 bits per heavy atom. The second-order valence-corrected chi connectivity index (χ2v) is 8.66. The molecule has 1 N–H and O–H groups in total. The molecule has 0 atom stereocenters. The molecule has 1 amide bonds. The average molecular weight is 431 g/mol. The zero-order valence-electron chi connectivity index (χ0n) is 13.7. The minimum atomic E-state index is -0.629. The second-order valence-electron chi connectivity index (χ2n) is 6.39. The first-order valence-corrected chi connectivity index (χ1v) is 10.0. The maximum absolute atomic E-state index is 13.0. The van der Waals surface area contributed by atoms with Crippen molar-refractivity contribution in [2.75, 3.05) is 0 Å². The van der Waals surface area contributed by atoms with Crippen LogP contribution in [0.25, 0.3) is 10.1 Å². The van der Waals surface area contributed by atoms with E-state index in [9.17, 15) is 4.79 Å². The molecule has 3 aromatic rings. The molecule has 0 aliphatic heterocycles. The maximum atomic E-state index is 13.0. The number of fused-ring (bicyclic) bond motifs is 1. The molecule has 1 saturated carbocycles. The number of thiophene rings is 1. The molecular weight excluding hydrogens is 417 g/mol. The van der Waals surface area contributed by atoms with E-state index in [1.54, 1.807) is 19.1 Å². The highest BCUT2D eigenvalue weighted by molar-refractivity contribution is 7.21. The molecule has 1 aliphatic carbocycles. The van der Waals surface area contributed by atoms with Gasteiger partial charge in [-0.1, -0.05) is 52.8 Å². The molecule has 136 valence electrons. The van der Waals surface area contributed by atoms with E-state index in [0.717, 1.165) is 30.4 Å². The van der Waals surface area contributed by atoms with Crippen LogP contribution in [0.5, 0.6) is 0 Å². The molecule has 0 bridgehead atoms. The summed E-state index contributed by atoms with van der Waals surface area (Å²) in [5.74, 6) is 0.716. The highest BCUT2D eigenvalue weighted by Gasteiger charge is 2.42. The van der Waals surface area contributed by atoms with Crippen molar-refractivity contribution in [3.05, 3.63) is 43.8 Å². The first-order valence-electron chi connectivity index (χ1n) is 8.10. The topological polar surface area (TPSA) is 68.0 Å². The van der Waals surface area contributed by atoms with Gasteiger partial charge in [-0.25, -0.2) is 0 Å². The molecule has 26 heavy (non-hydrogen) atoms. The van der Waals surface area contributed by atoms with Crippen LogP contribution in [0.15, 0.2) is 16.7 Å². The van der Waals surface area contributed by atoms with Gasteiger partial charge in [-0.2, -0.15) is 4.98 Å². The Morgan fingerprint density at radius 3 is 2.65 bits per heavy atom. The summed E-state index contributed by atoms with van der Waals surface area (Å²) in [4.78, 5) is 17.8. The van der Waals surface area contributed by atoms with Crippen molar-refractivity contribution in [2.24, 2.45) is 0 Å². The number of amides is 1. The molecule has 1 aliphatic rings. The maximum Gasteiger partial charge on any atom is 0.263 e. The average Bonchev–Trinajstić information content (AvgIpc) is 3.27. The van der Waals surface area contributed by atoms with Gasteiger partial charge in [0.15, 0.2) is 5.82 Å². The van der Waals surface area contributed by atoms with Crippen LogP contribution in [0.3, 0.4) is 0 Å². The van der Waals surface area contributed by atoms with E-state index in [0.29, 0.717) is 37.0 Å². The number of halogens is 3. The molecule has 0 radical (unpaired) electrons. The van der Waals surface area contributed by atoms with Gasteiger partial charge in [0.2, 0.25) is 5.89 Å². The summed E-state index contributed by atoms with van der Waals surface area (Å²) in [6.45, 7) is 1.73. The Balaban J connectivity index is 1.72. The Bertz CT molecular complexity index is 1010. The minimum absolute atomic E-state index is 0.271. The van der Waals surface area contributed by atoms with Crippen molar-refractivity contribution in [2.45, 2.75) is 38.1 Å². The van der Waals surface area contributed by atoms with Crippen molar-refractivity contribution in [3.8, 4) is 0 Å². The third-order valence-corrected chi connectivity index (χ3v) is 6.76. The summed E-state index contributed by atoms with van der Waals surface area (Å²) in [5.41, 5.74) is -0.629. The molecule has 0 unspecified atom stereocenters. The molecule has 4 rings (SSSR count). The van der Waals surface area contributed by atoms with Crippen LogP contribution in [-0.2, 0) is 5.54 Å². The van der Waals surface area contributed by atoms with Crippen LogP contribution in [0, 0.1) is 6.92 Å². The van der Waals surface area contributed by atoms with Gasteiger partial charge >= 0.3 is 0 Å². The Labute approximate surface area is 168 Å². The highest BCUT2D eigenvalue weighted by Crippen LogP contribution is 2.43. The SMILES string of the molecule is Cc1nc(C2(NC(=O)c3sc4cc(Cl)cc(Cl)c4c3Cl)CCCC2)no1. The van der Waals surface area contributed by atoms with Crippen LogP contribution in [0.1, 0.15) is 47.1 Å². The van der Waals surface area contributed by atoms with E-state index in [2.05, 4.69) is 15.5 Å². The van der Waals surface area contributed by atoms with E-state index in [1.807, 2.05) is 0 Å². The summed E-state index contributed by atoms with van der Waals surface area (Å²) in [6, 6.07) is 3.37. The van der Waals surface area contributed by atoms with Gasteiger partial charge in [0, 0.05) is 22.0 Å². The largest absolute Gasteiger partial charge is 0.340 e. The summed E-state index contributed by atoms with van der Waals surface area (Å²) in [6.07, 6.45) is 3.48. The van der Waals surface area contributed by atoms with E-state index < -0.39 is 5.54 Å². The van der Waals surface area contributed by atoms with Gasteiger partial charge in [0.1, 0.15) is 10.4 Å². The standard InChI is InChI=1S/C17H14Cl3N3O2S/c1-8-21-16(23-25-8)17(4-2-3-5-17)22-15(24)14-13(20)12-10(19)6-9(18)7-11(12)26-14/h6-7H,2-5H2,1H3,(H,22,24). The first-order chi connectivity index (χ1) is 12.4. The lowest BCUT2D eigenvalue weighted by Gasteiger charge is -2.26. The number of hydrogen-bond donors (Lipinski definition) is 1. The summed E-state index contributed by atoms with van der Waals surface area (Å²) in [5, 5.41) is 9.05. The van der Waals surface area contributed by atoms with Gasteiger partial charge in [-0.05, 0) is 25.0 Å². The predicted molar refractivity (Wildman–Crippen MR) is 104 cm³/mol. The fourth-order valence-corrected chi connectivity index (χ4v) is 5.68. The first kappa shape index (κ1) is 18.0. The van der Waals surface area contributed by atoms with E-state index >= 15 is 0 Å². The lowest BCUT2D eigenvalue weighted by atomic mass is 9.96. The third kappa shape index (κ3) is 2.99. The third-order valence-electron chi connectivity index (χ3n) is 4.62. The van der Waals surface area contributed by atoms with Crippen LogP contribution < -0.4 is 5.32 Å². The fourth-order valence-electron chi connectivity index (χ4n) is 3.41. The lowest BCUT2D eigenvalue weighted by molar-refractivity contribution is 0.0896. The summed E-state index contributed by atoms with van der Waals surface area (Å²) >= 11 is 20.0. The van der Waals surface area contributed by atoms with Crippen LogP contribution in [-0.4, -0.2) is 16.0 Å². The van der Waals surface area contributed by atoms with Crippen molar-refractivity contribution >= 4 is 62.1 Å². The van der Waals surface area contributed by atoms with Crippen LogP contribution in [0.2, 0.25) is 15.1 Å². The Morgan fingerprint density at radius 2 is 2.00 bits per heavy atom. The highest BCUT2D eigenvalue weighted by atomic mass is 35.5. The number of carbonyl (C=O) groups excluding carboxylic acids is 1. The normalized spacial score (nSPS) is 16.3. The van der Waals surface area contributed by atoms with Gasteiger partial charge < -0.3 is 9.84 Å². The zero-order valence-corrected chi connectivity index (χ0v) is 16.8. The summed E-state index contributed by atoms with van der Waals surface area (Å²) < 4.78 is 5.89. The monoisotopic (exact) mass is 429 g/mol. The smallest absolute Gasteiger partial charge is 0.263 e. The van der Waals surface area contributed by atoms with Gasteiger partial charge in [-0.15, -0.1) is 11.3 Å². The van der Waals surface area contributed by atoms with Gasteiger partial charge in [0.25, 0.3) is 5.91 Å². The molecule has 0 saturated heterocycles. The minimum Gasteiger partial charge on any atom is -0.340 e. The molecule has 1 fully saturated rings. The quantitative estimate of drug-likeness (QED) is 0.574. The van der Waals surface area contributed by atoms with Gasteiger partial charge in [0.05, 0.1) is 10.0 Å². The van der Waals surface area contributed by atoms with Crippen molar-refractivity contribution < 1.29 is 9.32 Å². The number of carbonyl (C=O) groups is 1. The van der Waals surface area contributed by atoms with E-state index in [-0.39, 0.29) is 5.91 Å². The molecule has 9 heteroatoms. The second kappa shape index (κ2) is 6.68. The number of aromatic nitrogens is 2. The lowest BCUT2D eigenvalue weighted by Crippen LogP contribution is -2.44. The molecule has 5 nitrogen and oxygen atoms in total. The number of benzene rings is 1. The van der Waals surface area contributed by atoms with Crippen molar-refractivity contribution in [3.63, 3.8) is 0 Å². The fraction of sp³-hybridized carbons (Fsp3) is 0.353. The molecular formula is C17H14Cl3N3O2S. The number of aryl methyl sites for hydroxylation is 1. The number of nitrogens with one attached hydrogen (secondary N) is 1. The van der Waals surface area contributed by atoms with Crippen LogP contribution in [0.4, 0.5) is 0 Å². The number of rotatable bonds is 3. The van der Waals surface area contributed by atoms with E-state index in [1.165, 1.54) is 11.3 Å². The molecule has 0 spiro atoms. The summed E-state index contributed by atoms with van der Waals surface area (Å²) in [7, 11) is 0. The molecule has 1 aromatic carbocycles. The Hall–Kier alpha value is -1.34. The van der Waals surface area contributed by atoms with Crippen LogP contribution >= 0.6 is 46.1 Å². The Kier molecular flexibility index (Phi) is 4.63. The predicted octanol–water partition coefficient (Wildman–Crippen LogP) is 5.75.